The number of nitrogens with one attached hydrogen (secondary N) is 1. The smallest absolute Gasteiger partial charge is 0.264 e. The van der Waals surface area contributed by atoms with Gasteiger partial charge in [0, 0.05) is 17.0 Å². The van der Waals surface area contributed by atoms with Crippen molar-refractivity contribution in [1.82, 2.24) is 9.99 Å². The molecule has 0 atom stereocenters. The Balaban J connectivity index is 1.55. The predicted molar refractivity (Wildman–Crippen MR) is 150 cm³/mol. The zero-order valence-electron chi connectivity index (χ0n) is 21.8. The number of aromatic nitrogens is 1. The molecule has 39 heavy (non-hydrogen) atoms. The molecular weight excluding hydrogens is 519 g/mol. The number of amides is 1. The molecule has 1 amide bonds. The summed E-state index contributed by atoms with van der Waals surface area (Å²) in [6.45, 7) is 5.48. The number of sulfonamides is 1. The van der Waals surface area contributed by atoms with Crippen LogP contribution >= 0.6 is 0 Å². The van der Waals surface area contributed by atoms with Gasteiger partial charge in [-0.25, -0.2) is 18.2 Å². The molecule has 202 valence electrons. The Kier molecular flexibility index (Phi) is 8.46. The number of benzene rings is 3. The largest absolute Gasteiger partial charge is 0.494 e. The van der Waals surface area contributed by atoms with Crippen molar-refractivity contribution in [3.05, 3.63) is 108 Å². The molecule has 0 radical (unpaired) electrons. The van der Waals surface area contributed by atoms with Gasteiger partial charge in [0.2, 0.25) is 0 Å². The Bertz CT molecular complexity index is 1580. The first-order valence-corrected chi connectivity index (χ1v) is 13.7. The lowest BCUT2D eigenvalue weighted by atomic mass is 10.2. The van der Waals surface area contributed by atoms with E-state index in [-0.39, 0.29) is 10.7 Å². The first-order chi connectivity index (χ1) is 18.7. The number of anilines is 1. The van der Waals surface area contributed by atoms with Crippen LogP contribution in [0.1, 0.15) is 23.9 Å². The van der Waals surface area contributed by atoms with E-state index in [9.17, 15) is 17.6 Å². The molecule has 0 aliphatic rings. The molecule has 0 bridgehead atoms. The van der Waals surface area contributed by atoms with Crippen molar-refractivity contribution in [2.24, 2.45) is 5.10 Å². The van der Waals surface area contributed by atoms with Crippen LogP contribution in [0, 0.1) is 19.7 Å². The number of aryl methyl sites for hydroxylation is 1. The first-order valence-electron chi connectivity index (χ1n) is 12.3. The number of nitrogens with zero attached hydrogens (tertiary/aromatic N) is 3. The average Bonchev–Trinajstić information content (AvgIpc) is 3.21. The van der Waals surface area contributed by atoms with Gasteiger partial charge in [-0.15, -0.1) is 0 Å². The van der Waals surface area contributed by atoms with Gasteiger partial charge in [-0.2, -0.15) is 5.10 Å². The molecule has 8 nitrogen and oxygen atoms in total. The molecule has 0 unspecified atom stereocenters. The van der Waals surface area contributed by atoms with Gasteiger partial charge in [-0.1, -0.05) is 30.3 Å². The van der Waals surface area contributed by atoms with Crippen molar-refractivity contribution in [2.45, 2.75) is 25.7 Å². The topological polar surface area (TPSA) is 93.0 Å². The molecular formula is C29H29FN4O4S. The third-order valence-corrected chi connectivity index (χ3v) is 7.80. The molecule has 0 aliphatic heterocycles. The van der Waals surface area contributed by atoms with Crippen molar-refractivity contribution in [3.63, 3.8) is 0 Å². The molecule has 0 aliphatic carbocycles. The summed E-state index contributed by atoms with van der Waals surface area (Å²) in [6.07, 6.45) is 1.45. The molecule has 10 heteroatoms. The van der Waals surface area contributed by atoms with Gasteiger partial charge in [0.25, 0.3) is 15.9 Å². The Labute approximate surface area is 227 Å². The molecule has 0 saturated carbocycles. The summed E-state index contributed by atoms with van der Waals surface area (Å²) in [6, 6.07) is 22.6. The Morgan fingerprint density at radius 3 is 2.36 bits per heavy atom. The molecule has 0 fully saturated rings. The SMILES string of the molecule is CCOc1ccc(N(CC(=O)N/N=C/c2cc(C)n(-c3ccccc3F)c2C)S(=O)(=O)c2ccccc2)cc1. The van der Waals surface area contributed by atoms with Crippen LogP contribution < -0.4 is 14.5 Å². The summed E-state index contributed by atoms with van der Waals surface area (Å²) in [5.74, 6) is -0.409. The molecule has 1 heterocycles. The predicted octanol–water partition coefficient (Wildman–Crippen LogP) is 4.98. The van der Waals surface area contributed by atoms with Crippen molar-refractivity contribution in [2.75, 3.05) is 17.5 Å². The second-order valence-corrected chi connectivity index (χ2v) is 10.5. The molecule has 4 aromatic rings. The standard InChI is InChI=1S/C29H29FN4O4S/c1-4-38-25-16-14-24(15-17-25)33(39(36,37)26-10-6-5-7-11-26)20-29(35)32-31-19-23-18-21(2)34(22(23)3)28-13-9-8-12-27(28)30/h5-19H,4,20H2,1-3H3,(H,32,35)/b31-19+. The van der Waals surface area contributed by atoms with Crippen molar-refractivity contribution in [1.29, 1.82) is 0 Å². The van der Waals surface area contributed by atoms with Crippen LogP contribution in [-0.4, -0.2) is 38.3 Å². The van der Waals surface area contributed by atoms with E-state index in [1.165, 1.54) is 24.4 Å². The normalized spacial score (nSPS) is 11.5. The Morgan fingerprint density at radius 2 is 1.69 bits per heavy atom. The van der Waals surface area contributed by atoms with E-state index in [1.807, 2.05) is 26.8 Å². The van der Waals surface area contributed by atoms with Crippen LogP contribution in [0.15, 0.2) is 94.9 Å². The van der Waals surface area contributed by atoms with E-state index in [1.54, 1.807) is 65.2 Å². The minimum absolute atomic E-state index is 0.0516. The number of hydrogen-bond acceptors (Lipinski definition) is 5. The first kappa shape index (κ1) is 27.6. The quantitative estimate of drug-likeness (QED) is 0.224. The van der Waals surface area contributed by atoms with Gasteiger partial charge in [0.1, 0.15) is 18.1 Å². The molecule has 1 aromatic heterocycles. The summed E-state index contributed by atoms with van der Waals surface area (Å²) in [7, 11) is -4.05. The number of para-hydroxylation sites is 1. The van der Waals surface area contributed by atoms with E-state index in [0.717, 1.165) is 15.7 Å². The van der Waals surface area contributed by atoms with Crippen LogP contribution in [0.4, 0.5) is 10.1 Å². The molecule has 1 N–H and O–H groups in total. The number of rotatable bonds is 10. The van der Waals surface area contributed by atoms with Crippen LogP contribution in [0.25, 0.3) is 5.69 Å². The van der Waals surface area contributed by atoms with Crippen LogP contribution in [-0.2, 0) is 14.8 Å². The van der Waals surface area contributed by atoms with Gasteiger partial charge < -0.3 is 9.30 Å². The van der Waals surface area contributed by atoms with Gasteiger partial charge in [0.15, 0.2) is 0 Å². The molecule has 0 spiro atoms. The van der Waals surface area contributed by atoms with Crippen LogP contribution in [0.5, 0.6) is 5.75 Å². The summed E-state index contributed by atoms with van der Waals surface area (Å²) in [4.78, 5) is 12.9. The fourth-order valence-electron chi connectivity index (χ4n) is 4.17. The molecule has 0 saturated heterocycles. The number of halogens is 1. The fraction of sp³-hybridized carbons (Fsp3) is 0.172. The summed E-state index contributed by atoms with van der Waals surface area (Å²) in [5.41, 5.74) is 5.33. The van der Waals surface area contributed by atoms with E-state index in [4.69, 9.17) is 4.74 Å². The second-order valence-electron chi connectivity index (χ2n) is 8.66. The Morgan fingerprint density at radius 1 is 1.03 bits per heavy atom. The highest BCUT2D eigenvalue weighted by Crippen LogP contribution is 2.26. The second kappa shape index (κ2) is 12.0. The lowest BCUT2D eigenvalue weighted by Crippen LogP contribution is -2.39. The number of carbonyl (C=O) groups excluding carboxylic acids is 1. The monoisotopic (exact) mass is 548 g/mol. The third kappa shape index (κ3) is 6.18. The van der Waals surface area contributed by atoms with Crippen molar-refractivity contribution >= 4 is 27.8 Å². The number of hydrazone groups is 1. The average molecular weight is 549 g/mol. The number of hydrogen-bond donors (Lipinski definition) is 1. The summed E-state index contributed by atoms with van der Waals surface area (Å²) < 4.78 is 49.5. The van der Waals surface area contributed by atoms with E-state index < -0.39 is 22.5 Å². The van der Waals surface area contributed by atoms with Crippen LogP contribution in [0.2, 0.25) is 0 Å². The highest BCUT2D eigenvalue weighted by atomic mass is 32.2. The fourth-order valence-corrected chi connectivity index (χ4v) is 5.61. The molecule has 4 rings (SSSR count). The minimum Gasteiger partial charge on any atom is -0.494 e. The van der Waals surface area contributed by atoms with Crippen molar-refractivity contribution < 1.29 is 22.3 Å². The number of ether oxygens (including phenoxy) is 1. The molecule has 3 aromatic carbocycles. The van der Waals surface area contributed by atoms with E-state index in [0.29, 0.717) is 29.3 Å². The minimum atomic E-state index is -4.05. The Hall–Kier alpha value is -4.44. The van der Waals surface area contributed by atoms with Gasteiger partial charge in [-0.3, -0.25) is 9.10 Å². The highest BCUT2D eigenvalue weighted by molar-refractivity contribution is 7.92. The van der Waals surface area contributed by atoms with Crippen molar-refractivity contribution in [3.8, 4) is 11.4 Å². The maximum atomic E-state index is 14.4. The van der Waals surface area contributed by atoms with Gasteiger partial charge >= 0.3 is 0 Å². The zero-order chi connectivity index (χ0) is 28.0. The summed E-state index contributed by atoms with van der Waals surface area (Å²) >= 11 is 0. The van der Waals surface area contributed by atoms with Gasteiger partial charge in [-0.05, 0) is 75.4 Å². The van der Waals surface area contributed by atoms with E-state index >= 15 is 0 Å². The maximum absolute atomic E-state index is 14.4. The van der Waals surface area contributed by atoms with Crippen LogP contribution in [0.3, 0.4) is 0 Å². The highest BCUT2D eigenvalue weighted by Gasteiger charge is 2.27. The summed E-state index contributed by atoms with van der Waals surface area (Å²) in [5, 5.41) is 4.04. The van der Waals surface area contributed by atoms with E-state index in [2.05, 4.69) is 10.5 Å². The lowest BCUT2D eigenvalue weighted by molar-refractivity contribution is -0.119. The number of carbonyl (C=O) groups is 1. The maximum Gasteiger partial charge on any atom is 0.264 e. The lowest BCUT2D eigenvalue weighted by Gasteiger charge is -2.24. The zero-order valence-corrected chi connectivity index (χ0v) is 22.7. The van der Waals surface area contributed by atoms with Gasteiger partial charge in [0.05, 0.1) is 29.1 Å². The third-order valence-electron chi connectivity index (χ3n) is 6.01.